The summed E-state index contributed by atoms with van der Waals surface area (Å²) in [5.41, 5.74) is 0. The first-order valence-electron chi connectivity index (χ1n) is 6.44. The average molecular weight is 266 g/mol. The summed E-state index contributed by atoms with van der Waals surface area (Å²) in [5, 5.41) is 8.53. The van der Waals surface area contributed by atoms with Crippen LogP contribution in [0.25, 0.3) is 0 Å². The number of hydrogen-bond donors (Lipinski definition) is 1. The molecule has 19 heavy (non-hydrogen) atoms. The fourth-order valence-electron chi connectivity index (χ4n) is 1.87. The molecule has 5 heteroatoms. The van der Waals surface area contributed by atoms with Gasteiger partial charge in [0.1, 0.15) is 12.4 Å². The van der Waals surface area contributed by atoms with Crippen molar-refractivity contribution in [2.24, 2.45) is 0 Å². The van der Waals surface area contributed by atoms with Crippen molar-refractivity contribution in [2.45, 2.75) is 31.5 Å². The van der Waals surface area contributed by atoms with Gasteiger partial charge < -0.3 is 19.3 Å². The second-order valence-electron chi connectivity index (χ2n) is 4.54. The van der Waals surface area contributed by atoms with Crippen molar-refractivity contribution in [1.82, 2.24) is 0 Å². The lowest BCUT2D eigenvalue weighted by Gasteiger charge is -2.10. The molecule has 0 aliphatic carbocycles. The summed E-state index contributed by atoms with van der Waals surface area (Å²) in [5.74, 6) is 0.0188. The van der Waals surface area contributed by atoms with E-state index in [1.165, 1.54) is 0 Å². The van der Waals surface area contributed by atoms with Crippen LogP contribution in [0.15, 0.2) is 30.3 Å². The molecule has 0 aromatic heterocycles. The second-order valence-corrected chi connectivity index (χ2v) is 4.54. The highest BCUT2D eigenvalue weighted by atomic mass is 16.8. The first-order chi connectivity index (χ1) is 9.20. The smallest absolute Gasteiger partial charge is 0.494 e. The Balaban J connectivity index is 1.52. The van der Waals surface area contributed by atoms with Gasteiger partial charge in [-0.25, -0.2) is 4.79 Å². The van der Waals surface area contributed by atoms with Crippen molar-refractivity contribution in [1.29, 1.82) is 0 Å². The minimum absolute atomic E-state index is 0.375. The van der Waals surface area contributed by atoms with Crippen molar-refractivity contribution >= 4 is 6.16 Å². The Morgan fingerprint density at radius 2 is 2.00 bits per heavy atom. The van der Waals surface area contributed by atoms with E-state index in [1.54, 1.807) is 0 Å². The zero-order valence-corrected chi connectivity index (χ0v) is 10.7. The van der Waals surface area contributed by atoms with Crippen LogP contribution in [0.2, 0.25) is 0 Å². The zero-order chi connectivity index (χ0) is 13.6. The minimum Gasteiger partial charge on any atom is -0.494 e. The Morgan fingerprint density at radius 1 is 1.26 bits per heavy atom. The number of unbranched alkanes of at least 4 members (excludes halogenated alkanes) is 2. The lowest BCUT2D eigenvalue weighted by atomic mass is 10.1. The molecule has 104 valence electrons. The van der Waals surface area contributed by atoms with E-state index in [2.05, 4.69) is 4.74 Å². The van der Waals surface area contributed by atoms with Gasteiger partial charge in [0, 0.05) is 6.42 Å². The molecule has 0 saturated carbocycles. The summed E-state index contributed by atoms with van der Waals surface area (Å²) in [6.07, 6.45) is 2.10. The van der Waals surface area contributed by atoms with Gasteiger partial charge in [-0.1, -0.05) is 18.2 Å². The van der Waals surface area contributed by atoms with Gasteiger partial charge in [0.05, 0.1) is 6.61 Å². The van der Waals surface area contributed by atoms with Crippen molar-refractivity contribution in [3.63, 3.8) is 0 Å². The van der Waals surface area contributed by atoms with Gasteiger partial charge in [0.25, 0.3) is 0 Å². The SMILES string of the molecule is O=C(O)O[C@]1(CCCCCOc2ccccc2)CO1. The van der Waals surface area contributed by atoms with E-state index >= 15 is 0 Å². The molecule has 1 fully saturated rings. The predicted molar refractivity (Wildman–Crippen MR) is 68.2 cm³/mol. The number of hydrogen-bond acceptors (Lipinski definition) is 4. The molecule has 1 atom stereocenters. The number of benzene rings is 1. The maximum Gasteiger partial charge on any atom is 0.508 e. The quantitative estimate of drug-likeness (QED) is 0.445. The molecule has 0 radical (unpaired) electrons. The van der Waals surface area contributed by atoms with Gasteiger partial charge in [0.2, 0.25) is 5.79 Å². The van der Waals surface area contributed by atoms with E-state index in [0.29, 0.717) is 19.6 Å². The molecule has 0 unspecified atom stereocenters. The Bertz CT molecular complexity index is 400. The Labute approximate surface area is 112 Å². The second kappa shape index (κ2) is 6.43. The largest absolute Gasteiger partial charge is 0.508 e. The van der Waals surface area contributed by atoms with E-state index in [-0.39, 0.29) is 0 Å². The molecule has 1 aromatic rings. The van der Waals surface area contributed by atoms with Crippen LogP contribution >= 0.6 is 0 Å². The topological polar surface area (TPSA) is 68.3 Å². The molecular weight excluding hydrogens is 248 g/mol. The number of rotatable bonds is 8. The molecule has 1 N–H and O–H groups in total. The van der Waals surface area contributed by atoms with Crippen LogP contribution in [0.1, 0.15) is 25.7 Å². The van der Waals surface area contributed by atoms with Crippen LogP contribution in [0, 0.1) is 0 Å². The van der Waals surface area contributed by atoms with Gasteiger partial charge in [0.15, 0.2) is 0 Å². The first kappa shape index (κ1) is 13.7. The third-order valence-electron chi connectivity index (χ3n) is 2.95. The lowest BCUT2D eigenvalue weighted by molar-refractivity contribution is -0.0245. The fraction of sp³-hybridized carbons (Fsp3) is 0.500. The fourth-order valence-corrected chi connectivity index (χ4v) is 1.87. The maximum atomic E-state index is 10.4. The molecule has 0 spiro atoms. The van der Waals surface area contributed by atoms with Gasteiger partial charge in [-0.15, -0.1) is 0 Å². The van der Waals surface area contributed by atoms with Crippen molar-refractivity contribution < 1.29 is 24.1 Å². The molecule has 1 aliphatic heterocycles. The van der Waals surface area contributed by atoms with Crippen LogP contribution < -0.4 is 4.74 Å². The predicted octanol–water partition coefficient (Wildman–Crippen LogP) is 3.05. The summed E-state index contributed by atoms with van der Waals surface area (Å²) in [6.45, 7) is 1.04. The third-order valence-corrected chi connectivity index (χ3v) is 2.95. The van der Waals surface area contributed by atoms with Crippen LogP contribution in [0.4, 0.5) is 4.79 Å². The highest BCUT2D eigenvalue weighted by molar-refractivity contribution is 5.57. The molecule has 1 aromatic carbocycles. The first-order valence-corrected chi connectivity index (χ1v) is 6.44. The Morgan fingerprint density at radius 3 is 2.63 bits per heavy atom. The molecule has 1 heterocycles. The standard InChI is InChI=1S/C14H18O5/c15-13(16)19-14(11-18-14)9-5-2-6-10-17-12-7-3-1-4-8-12/h1,3-4,7-8H,2,5-6,9-11H2,(H,15,16)/t14-/m1/s1. The van der Waals surface area contributed by atoms with Crippen molar-refractivity contribution in [2.75, 3.05) is 13.2 Å². The minimum atomic E-state index is -1.27. The molecule has 2 rings (SSSR count). The summed E-state index contributed by atoms with van der Waals surface area (Å²) >= 11 is 0. The number of carbonyl (C=O) groups is 1. The van der Waals surface area contributed by atoms with E-state index in [0.717, 1.165) is 25.0 Å². The highest BCUT2D eigenvalue weighted by Crippen LogP contribution is 2.34. The van der Waals surface area contributed by atoms with Crippen LogP contribution in [0.3, 0.4) is 0 Å². The summed E-state index contributed by atoms with van der Waals surface area (Å²) in [6, 6.07) is 9.67. The van der Waals surface area contributed by atoms with Gasteiger partial charge in [-0.3, -0.25) is 0 Å². The molecule has 0 amide bonds. The Hall–Kier alpha value is -1.75. The van der Waals surface area contributed by atoms with Crippen molar-refractivity contribution in [3.8, 4) is 5.75 Å². The average Bonchev–Trinajstić information content (AvgIpc) is 3.14. The molecule has 0 bridgehead atoms. The van der Waals surface area contributed by atoms with E-state index in [1.807, 2.05) is 30.3 Å². The lowest BCUT2D eigenvalue weighted by Crippen LogP contribution is -2.19. The summed E-state index contributed by atoms with van der Waals surface area (Å²) in [4.78, 5) is 10.4. The summed E-state index contributed by atoms with van der Waals surface area (Å²) < 4.78 is 15.3. The molecule has 1 aliphatic rings. The summed E-state index contributed by atoms with van der Waals surface area (Å²) in [7, 11) is 0. The zero-order valence-electron chi connectivity index (χ0n) is 10.7. The van der Waals surface area contributed by atoms with Gasteiger partial charge >= 0.3 is 6.16 Å². The maximum absolute atomic E-state index is 10.4. The van der Waals surface area contributed by atoms with E-state index in [4.69, 9.17) is 14.6 Å². The molecular formula is C14H18O5. The van der Waals surface area contributed by atoms with E-state index < -0.39 is 11.9 Å². The number of ether oxygens (including phenoxy) is 3. The highest BCUT2D eigenvalue weighted by Gasteiger charge is 2.48. The van der Waals surface area contributed by atoms with Gasteiger partial charge in [-0.05, 0) is 31.4 Å². The normalized spacial score (nSPS) is 20.8. The van der Waals surface area contributed by atoms with Crippen LogP contribution in [-0.4, -0.2) is 30.3 Å². The molecule has 5 nitrogen and oxygen atoms in total. The number of epoxide rings is 1. The van der Waals surface area contributed by atoms with Crippen molar-refractivity contribution in [3.05, 3.63) is 30.3 Å². The van der Waals surface area contributed by atoms with E-state index in [9.17, 15) is 4.79 Å². The molecule has 1 saturated heterocycles. The monoisotopic (exact) mass is 266 g/mol. The van der Waals surface area contributed by atoms with Gasteiger partial charge in [-0.2, -0.15) is 0 Å². The number of para-hydroxylation sites is 1. The van der Waals surface area contributed by atoms with Crippen LogP contribution in [-0.2, 0) is 9.47 Å². The van der Waals surface area contributed by atoms with Crippen LogP contribution in [0.5, 0.6) is 5.75 Å². The number of carboxylic acid groups (broad SMARTS) is 1. The third kappa shape index (κ3) is 4.79. The Kier molecular flexibility index (Phi) is 4.63.